The molecule has 0 spiro atoms. The molecule has 0 aromatic carbocycles. The average molecular weight is 351 g/mol. The number of pyridine rings is 1. The van der Waals surface area contributed by atoms with E-state index in [4.69, 9.17) is 11.6 Å². The molecule has 0 bridgehead atoms. The molecule has 84 valence electrons. The zero-order chi connectivity index (χ0) is 11.6. The molecule has 0 aliphatic carbocycles. The summed E-state index contributed by atoms with van der Waals surface area (Å²) < 4.78 is 40.2. The number of hydrogen-bond donors (Lipinski definition) is 0. The summed E-state index contributed by atoms with van der Waals surface area (Å²) in [4.78, 5) is 3.65. The zero-order valence-corrected chi connectivity index (χ0v) is 10.4. The maximum absolute atomic E-state index is 12.0. The lowest BCUT2D eigenvalue weighted by Crippen LogP contribution is -2.19. The summed E-state index contributed by atoms with van der Waals surface area (Å²) in [5.74, 6) is -0.316. The predicted octanol–water partition coefficient (Wildman–Crippen LogP) is 3.63. The van der Waals surface area contributed by atoms with Crippen LogP contribution in [0.4, 0.5) is 13.2 Å². The standard InChI is InChI=1S/C8H6ClF3INO/c1-4-5(3-9)2-6(13)14-7(4)15-8(10,11)12/h2H,3H2,1H3. The summed E-state index contributed by atoms with van der Waals surface area (Å²) in [6.45, 7) is 1.49. The minimum absolute atomic E-state index is 0.124. The molecule has 0 radical (unpaired) electrons. The Kier molecular flexibility index (Phi) is 4.05. The van der Waals surface area contributed by atoms with Crippen LogP contribution >= 0.6 is 34.2 Å². The fourth-order valence-corrected chi connectivity index (χ4v) is 1.82. The second-order valence-electron chi connectivity index (χ2n) is 2.72. The van der Waals surface area contributed by atoms with Crippen LogP contribution in [-0.2, 0) is 5.88 Å². The van der Waals surface area contributed by atoms with E-state index < -0.39 is 12.2 Å². The van der Waals surface area contributed by atoms with Crippen LogP contribution in [0.3, 0.4) is 0 Å². The Morgan fingerprint density at radius 3 is 2.60 bits per heavy atom. The number of halogens is 5. The highest BCUT2D eigenvalue weighted by Crippen LogP contribution is 2.27. The average Bonchev–Trinajstić information content (AvgIpc) is 2.08. The van der Waals surface area contributed by atoms with E-state index in [1.807, 2.05) is 0 Å². The summed E-state index contributed by atoms with van der Waals surface area (Å²) in [6, 6.07) is 1.62. The molecular weight excluding hydrogens is 345 g/mol. The first-order valence-corrected chi connectivity index (χ1v) is 5.42. The van der Waals surface area contributed by atoms with Crippen LogP contribution < -0.4 is 4.74 Å². The Morgan fingerprint density at radius 1 is 1.53 bits per heavy atom. The Labute approximate surface area is 103 Å². The molecule has 1 heterocycles. The van der Waals surface area contributed by atoms with Crippen LogP contribution in [0.15, 0.2) is 6.07 Å². The van der Waals surface area contributed by atoms with Crippen molar-refractivity contribution < 1.29 is 17.9 Å². The normalized spacial score (nSPS) is 11.6. The van der Waals surface area contributed by atoms with Crippen molar-refractivity contribution in [3.8, 4) is 5.88 Å². The van der Waals surface area contributed by atoms with Crippen molar-refractivity contribution in [1.82, 2.24) is 4.98 Å². The van der Waals surface area contributed by atoms with Gasteiger partial charge in [0.2, 0.25) is 5.88 Å². The number of aromatic nitrogens is 1. The van der Waals surface area contributed by atoms with Crippen molar-refractivity contribution in [2.75, 3.05) is 0 Å². The minimum atomic E-state index is -4.73. The van der Waals surface area contributed by atoms with Gasteiger partial charge in [0.05, 0.1) is 0 Å². The largest absolute Gasteiger partial charge is 0.574 e. The third-order valence-electron chi connectivity index (χ3n) is 1.66. The highest BCUT2D eigenvalue weighted by molar-refractivity contribution is 14.1. The number of alkyl halides is 4. The Bertz CT molecular complexity index is 370. The van der Waals surface area contributed by atoms with E-state index in [0.29, 0.717) is 14.8 Å². The Morgan fingerprint density at radius 2 is 2.13 bits per heavy atom. The fourth-order valence-electron chi connectivity index (χ4n) is 0.950. The molecule has 0 aliphatic rings. The molecule has 0 aliphatic heterocycles. The first-order chi connectivity index (χ1) is 6.83. The minimum Gasteiger partial charge on any atom is -0.388 e. The first-order valence-electron chi connectivity index (χ1n) is 3.81. The van der Waals surface area contributed by atoms with E-state index in [1.54, 1.807) is 28.7 Å². The monoisotopic (exact) mass is 351 g/mol. The van der Waals surface area contributed by atoms with Crippen molar-refractivity contribution in [2.45, 2.75) is 19.2 Å². The van der Waals surface area contributed by atoms with Gasteiger partial charge in [-0.2, -0.15) is 0 Å². The van der Waals surface area contributed by atoms with Crippen molar-refractivity contribution in [3.63, 3.8) is 0 Å². The van der Waals surface area contributed by atoms with Gasteiger partial charge in [-0.1, -0.05) is 0 Å². The summed E-state index contributed by atoms with van der Waals surface area (Å²) in [5.41, 5.74) is 0.887. The van der Waals surface area contributed by atoms with Crippen LogP contribution in [0.2, 0.25) is 0 Å². The fraction of sp³-hybridized carbons (Fsp3) is 0.375. The number of ether oxygens (including phenoxy) is 1. The van der Waals surface area contributed by atoms with Crippen molar-refractivity contribution in [1.29, 1.82) is 0 Å². The highest BCUT2D eigenvalue weighted by Gasteiger charge is 2.33. The van der Waals surface area contributed by atoms with Crippen LogP contribution in [0.1, 0.15) is 11.1 Å². The molecule has 7 heteroatoms. The quantitative estimate of drug-likeness (QED) is 0.461. The van der Waals surface area contributed by atoms with E-state index in [2.05, 4.69) is 9.72 Å². The number of rotatable bonds is 2. The first kappa shape index (κ1) is 12.8. The molecule has 15 heavy (non-hydrogen) atoms. The second kappa shape index (κ2) is 4.73. The van der Waals surface area contributed by atoms with E-state index >= 15 is 0 Å². The molecule has 0 atom stereocenters. The molecule has 0 amide bonds. The lowest BCUT2D eigenvalue weighted by Gasteiger charge is -2.12. The van der Waals surface area contributed by atoms with Gasteiger partial charge in [0.25, 0.3) is 0 Å². The van der Waals surface area contributed by atoms with Gasteiger partial charge in [0.15, 0.2) is 0 Å². The van der Waals surface area contributed by atoms with E-state index in [1.165, 1.54) is 6.92 Å². The summed E-state index contributed by atoms with van der Waals surface area (Å²) in [6.07, 6.45) is -4.73. The van der Waals surface area contributed by atoms with Gasteiger partial charge in [0, 0.05) is 11.4 Å². The molecule has 0 saturated heterocycles. The highest BCUT2D eigenvalue weighted by atomic mass is 127. The lowest BCUT2D eigenvalue weighted by molar-refractivity contribution is -0.276. The second-order valence-corrected chi connectivity index (χ2v) is 4.09. The lowest BCUT2D eigenvalue weighted by atomic mass is 10.2. The number of nitrogens with zero attached hydrogens (tertiary/aromatic N) is 1. The SMILES string of the molecule is Cc1c(CCl)cc(I)nc1OC(F)(F)F. The topological polar surface area (TPSA) is 22.1 Å². The Hall–Kier alpha value is -0.240. The van der Waals surface area contributed by atoms with Gasteiger partial charge in [-0.15, -0.1) is 24.8 Å². The van der Waals surface area contributed by atoms with Crippen LogP contribution in [0.25, 0.3) is 0 Å². The summed E-state index contributed by atoms with van der Waals surface area (Å²) in [5, 5.41) is 0. The van der Waals surface area contributed by atoms with Crippen molar-refractivity contribution in [2.24, 2.45) is 0 Å². The van der Waals surface area contributed by atoms with Crippen LogP contribution in [-0.4, -0.2) is 11.3 Å². The van der Waals surface area contributed by atoms with Gasteiger partial charge < -0.3 is 4.74 Å². The maximum atomic E-state index is 12.0. The molecule has 0 saturated carbocycles. The van der Waals surface area contributed by atoms with E-state index in [0.717, 1.165) is 0 Å². The molecule has 0 fully saturated rings. The van der Waals surface area contributed by atoms with Crippen LogP contribution in [0, 0.1) is 10.6 Å². The molecule has 1 aromatic heterocycles. The summed E-state index contributed by atoms with van der Waals surface area (Å²) >= 11 is 7.38. The molecule has 0 unspecified atom stereocenters. The van der Waals surface area contributed by atoms with Crippen molar-refractivity contribution >= 4 is 34.2 Å². The Balaban J connectivity index is 3.12. The van der Waals surface area contributed by atoms with Gasteiger partial charge >= 0.3 is 6.36 Å². The maximum Gasteiger partial charge on any atom is 0.574 e. The third kappa shape index (κ3) is 3.67. The van der Waals surface area contributed by atoms with E-state index in [-0.39, 0.29) is 5.88 Å². The molecular formula is C8H6ClF3INO. The molecule has 1 aromatic rings. The van der Waals surface area contributed by atoms with E-state index in [9.17, 15) is 13.2 Å². The molecule has 1 rings (SSSR count). The van der Waals surface area contributed by atoms with Crippen molar-refractivity contribution in [3.05, 3.63) is 20.9 Å². The van der Waals surface area contributed by atoms with Crippen LogP contribution in [0.5, 0.6) is 5.88 Å². The predicted molar refractivity (Wildman–Crippen MR) is 57.9 cm³/mol. The summed E-state index contributed by atoms with van der Waals surface area (Å²) in [7, 11) is 0. The van der Waals surface area contributed by atoms with Gasteiger partial charge in [-0.25, -0.2) is 4.98 Å². The zero-order valence-electron chi connectivity index (χ0n) is 7.53. The third-order valence-corrected chi connectivity index (χ3v) is 2.50. The smallest absolute Gasteiger partial charge is 0.388 e. The number of hydrogen-bond acceptors (Lipinski definition) is 2. The van der Waals surface area contributed by atoms with Gasteiger partial charge in [0.1, 0.15) is 3.70 Å². The molecule has 0 N–H and O–H groups in total. The van der Waals surface area contributed by atoms with Gasteiger partial charge in [-0.3, -0.25) is 0 Å². The molecule has 2 nitrogen and oxygen atoms in total. The van der Waals surface area contributed by atoms with Gasteiger partial charge in [-0.05, 0) is 41.1 Å².